The summed E-state index contributed by atoms with van der Waals surface area (Å²) in [4.78, 5) is 3.14. The molecule has 0 saturated carbocycles. The minimum absolute atomic E-state index is 0.245. The van der Waals surface area contributed by atoms with Gasteiger partial charge >= 0.3 is 0 Å². The van der Waals surface area contributed by atoms with E-state index in [0.29, 0.717) is 0 Å². The summed E-state index contributed by atoms with van der Waals surface area (Å²) in [5.74, 6) is 0.245. The number of hydrogen-bond acceptors (Lipinski definition) is 1. The molecule has 2 nitrogen and oxygen atoms in total. The molecule has 15 heavy (non-hydrogen) atoms. The van der Waals surface area contributed by atoms with Gasteiger partial charge in [0.05, 0.1) is 0 Å². The molecule has 0 saturated heterocycles. The van der Waals surface area contributed by atoms with Crippen LogP contribution in [0.15, 0.2) is 48.7 Å². The lowest BCUT2D eigenvalue weighted by molar-refractivity contribution is 0.475. The van der Waals surface area contributed by atoms with E-state index in [0.717, 1.165) is 16.5 Å². The molecule has 2 heteroatoms. The first-order valence-corrected chi connectivity index (χ1v) is 4.87. The number of hydrogen-bond donors (Lipinski definition) is 2. The van der Waals surface area contributed by atoms with Gasteiger partial charge in [0.1, 0.15) is 5.75 Å². The van der Waals surface area contributed by atoms with Crippen molar-refractivity contribution in [3.8, 4) is 5.75 Å². The zero-order chi connectivity index (χ0) is 10.7. The highest BCUT2D eigenvalue weighted by molar-refractivity contribution is 5.80. The van der Waals surface area contributed by atoms with Gasteiger partial charge in [0, 0.05) is 17.1 Å². The molecule has 0 aliphatic rings. The molecular formula is C13H13NO. The molecule has 2 aromatic rings. The van der Waals surface area contributed by atoms with Crippen LogP contribution in [0.5, 0.6) is 5.75 Å². The van der Waals surface area contributed by atoms with Crippen molar-refractivity contribution in [2.75, 3.05) is 0 Å². The van der Waals surface area contributed by atoms with Gasteiger partial charge in [-0.25, -0.2) is 0 Å². The van der Waals surface area contributed by atoms with Crippen molar-refractivity contribution in [1.82, 2.24) is 4.98 Å². The molecule has 0 spiro atoms. The van der Waals surface area contributed by atoms with Gasteiger partial charge < -0.3 is 10.1 Å². The van der Waals surface area contributed by atoms with E-state index in [9.17, 15) is 5.11 Å². The Kier molecular flexibility index (Phi) is 2.59. The van der Waals surface area contributed by atoms with Gasteiger partial charge in [-0.2, -0.15) is 0 Å². The molecule has 0 amide bonds. The summed E-state index contributed by atoms with van der Waals surface area (Å²) in [6, 6.07) is 13.3. The van der Waals surface area contributed by atoms with Crippen LogP contribution in [0.2, 0.25) is 0 Å². The van der Waals surface area contributed by atoms with E-state index in [2.05, 4.69) is 11.1 Å². The molecule has 76 valence electrons. The fraction of sp³-hybridized carbons (Fsp3) is 0.0769. The van der Waals surface area contributed by atoms with Crippen molar-refractivity contribution in [3.05, 3.63) is 54.2 Å². The third kappa shape index (κ3) is 2.10. The summed E-state index contributed by atoms with van der Waals surface area (Å²) >= 11 is 0. The first kappa shape index (κ1) is 9.59. The van der Waals surface area contributed by atoms with Crippen LogP contribution in [0.25, 0.3) is 10.9 Å². The Morgan fingerprint density at radius 2 is 1.80 bits per heavy atom. The number of nitrogens with one attached hydrogen (secondary N) is 1. The molecule has 0 aliphatic heterocycles. The zero-order valence-electron chi connectivity index (χ0n) is 8.57. The Labute approximate surface area is 88.5 Å². The first-order chi connectivity index (χ1) is 7.27. The maximum atomic E-state index is 9.43. The molecule has 2 N–H and O–H groups in total. The van der Waals surface area contributed by atoms with Crippen LogP contribution in [0.1, 0.15) is 5.56 Å². The number of aromatic amines is 1. The Morgan fingerprint density at radius 1 is 1.00 bits per heavy atom. The van der Waals surface area contributed by atoms with Gasteiger partial charge in [-0.05, 0) is 30.7 Å². The zero-order valence-corrected chi connectivity index (χ0v) is 8.57. The summed E-state index contributed by atoms with van der Waals surface area (Å²) in [6.45, 7) is 2.02. The van der Waals surface area contributed by atoms with Crippen LogP contribution in [-0.2, 0) is 0 Å². The Morgan fingerprint density at radius 3 is 2.67 bits per heavy atom. The van der Waals surface area contributed by atoms with Crippen molar-refractivity contribution in [2.45, 2.75) is 6.92 Å². The first-order valence-electron chi connectivity index (χ1n) is 4.87. The van der Waals surface area contributed by atoms with Crippen molar-refractivity contribution in [1.29, 1.82) is 0 Å². The fourth-order valence-electron chi connectivity index (χ4n) is 1.53. The second-order valence-corrected chi connectivity index (χ2v) is 3.46. The van der Waals surface area contributed by atoms with E-state index in [-0.39, 0.29) is 5.75 Å². The van der Waals surface area contributed by atoms with E-state index < -0.39 is 0 Å². The van der Waals surface area contributed by atoms with Crippen molar-refractivity contribution in [2.24, 2.45) is 0 Å². The quantitative estimate of drug-likeness (QED) is 0.671. The van der Waals surface area contributed by atoms with Crippen LogP contribution in [0, 0.1) is 6.92 Å². The number of aromatic nitrogens is 1. The maximum Gasteiger partial charge on any atom is 0.117 e. The van der Waals surface area contributed by atoms with E-state index in [1.54, 1.807) is 18.3 Å². The van der Waals surface area contributed by atoms with Gasteiger partial charge in [-0.15, -0.1) is 0 Å². The van der Waals surface area contributed by atoms with Gasteiger partial charge in [-0.1, -0.05) is 24.3 Å². The second kappa shape index (κ2) is 4.05. The highest BCUT2D eigenvalue weighted by atomic mass is 16.3. The van der Waals surface area contributed by atoms with E-state index in [1.807, 2.05) is 31.2 Å². The highest BCUT2D eigenvalue weighted by Crippen LogP contribution is 2.14. The van der Waals surface area contributed by atoms with Crippen LogP contribution >= 0.6 is 0 Å². The lowest BCUT2D eigenvalue weighted by atomic mass is 10.1. The Bertz CT molecular complexity index is 527. The predicted octanol–water partition coefficient (Wildman–Crippen LogP) is 3.31. The summed E-state index contributed by atoms with van der Waals surface area (Å²) in [5.41, 5.74) is 2.17. The highest BCUT2D eigenvalue weighted by Gasteiger charge is 1.91. The maximum absolute atomic E-state index is 9.43. The Balaban J connectivity index is 2.89. The lowest BCUT2D eigenvalue weighted by Crippen LogP contribution is -1.74. The molecule has 1 aromatic carbocycles. The number of rotatable bonds is 0. The van der Waals surface area contributed by atoms with Crippen LogP contribution < -0.4 is 0 Å². The third-order valence-corrected chi connectivity index (χ3v) is 2.35. The van der Waals surface area contributed by atoms with Crippen molar-refractivity contribution in [3.63, 3.8) is 0 Å². The standard InChI is InChI=1S/C13H13NO/c1-10-6-7-11(15)8-9-14-13-5-3-2-4-12(10)13/h2-9,14-15H,1H3. The molecule has 1 aromatic heterocycles. The average molecular weight is 199 g/mol. The summed E-state index contributed by atoms with van der Waals surface area (Å²) < 4.78 is 0. The summed E-state index contributed by atoms with van der Waals surface area (Å²) in [5, 5.41) is 10.6. The van der Waals surface area contributed by atoms with Gasteiger partial charge in [-0.3, -0.25) is 0 Å². The third-order valence-electron chi connectivity index (χ3n) is 2.35. The number of fused-ring (bicyclic) bond motifs is 1. The Hall–Kier alpha value is -1.96. The number of H-pyrrole nitrogens is 1. The monoisotopic (exact) mass is 199 g/mol. The summed E-state index contributed by atoms with van der Waals surface area (Å²) in [7, 11) is 0. The number of aromatic hydroxyl groups is 1. The average Bonchev–Trinajstić information content (AvgIpc) is 2.32. The van der Waals surface area contributed by atoms with E-state index in [4.69, 9.17) is 0 Å². The number of para-hydroxylation sites is 1. The number of benzene rings is 1. The van der Waals surface area contributed by atoms with Crippen molar-refractivity contribution < 1.29 is 5.11 Å². The molecule has 0 bridgehead atoms. The van der Waals surface area contributed by atoms with Gasteiger partial charge in [0.2, 0.25) is 0 Å². The SMILES string of the molecule is Cc1ccc(O)cc[nH]c2ccccc12. The number of aryl methyl sites for hydroxylation is 1. The second-order valence-electron chi connectivity index (χ2n) is 3.46. The van der Waals surface area contributed by atoms with E-state index >= 15 is 0 Å². The molecule has 2 rings (SSSR count). The smallest absolute Gasteiger partial charge is 0.117 e. The van der Waals surface area contributed by atoms with Gasteiger partial charge in [0.15, 0.2) is 0 Å². The van der Waals surface area contributed by atoms with Crippen LogP contribution in [-0.4, -0.2) is 10.1 Å². The normalized spacial score (nSPS) is 9.93. The molecular weight excluding hydrogens is 186 g/mol. The predicted molar refractivity (Wildman–Crippen MR) is 62.3 cm³/mol. The van der Waals surface area contributed by atoms with Gasteiger partial charge in [0.25, 0.3) is 0 Å². The minimum atomic E-state index is 0.245. The molecule has 0 unspecified atom stereocenters. The molecule has 0 radical (unpaired) electrons. The molecule has 0 aliphatic carbocycles. The largest absolute Gasteiger partial charge is 0.508 e. The van der Waals surface area contributed by atoms with Crippen LogP contribution in [0.4, 0.5) is 0 Å². The topological polar surface area (TPSA) is 36.0 Å². The molecule has 1 heterocycles. The van der Waals surface area contributed by atoms with E-state index in [1.165, 1.54) is 0 Å². The fourth-order valence-corrected chi connectivity index (χ4v) is 1.53. The summed E-state index contributed by atoms with van der Waals surface area (Å²) in [6.07, 6.45) is 1.73. The van der Waals surface area contributed by atoms with Crippen LogP contribution in [0.3, 0.4) is 0 Å². The lowest BCUT2D eigenvalue weighted by Gasteiger charge is -1.95. The molecule has 0 atom stereocenters. The van der Waals surface area contributed by atoms with Crippen molar-refractivity contribution >= 4 is 10.9 Å². The molecule has 0 fully saturated rings. The minimum Gasteiger partial charge on any atom is -0.508 e.